The normalized spacial score (nSPS) is 15.4. The lowest BCUT2D eigenvalue weighted by atomic mass is 9.86. The largest absolute Gasteiger partial charge is 0.385 e. The predicted molar refractivity (Wildman–Crippen MR) is 146 cm³/mol. The molecule has 0 fully saturated rings. The molecule has 1 aliphatic rings. The Kier molecular flexibility index (Phi) is 8.27. The minimum atomic E-state index is -0.129. The van der Waals surface area contributed by atoms with Gasteiger partial charge in [-0.15, -0.1) is 11.3 Å². The minimum absolute atomic E-state index is 0.0108. The van der Waals surface area contributed by atoms with Crippen LogP contribution in [-0.2, 0) is 21.4 Å². The number of hydrogen-bond acceptors (Lipinski definition) is 4. The molecule has 2 aromatic carbocycles. The Balaban J connectivity index is 1.57. The molecule has 36 heavy (non-hydrogen) atoms. The molecule has 3 aromatic rings. The third kappa shape index (κ3) is 5.88. The Morgan fingerprint density at radius 1 is 1.06 bits per heavy atom. The second kappa shape index (κ2) is 11.4. The maximum absolute atomic E-state index is 13.8. The predicted octanol–water partition coefficient (Wildman–Crippen LogP) is 5.70. The van der Waals surface area contributed by atoms with Crippen LogP contribution in [0.5, 0.6) is 0 Å². The Labute approximate surface area is 218 Å². The monoisotopic (exact) mass is 504 g/mol. The summed E-state index contributed by atoms with van der Waals surface area (Å²) in [5, 5.41) is 2.11. The van der Waals surface area contributed by atoms with Crippen molar-refractivity contribution in [2.75, 3.05) is 33.4 Å². The summed E-state index contributed by atoms with van der Waals surface area (Å²) in [6.07, 6.45) is 1.51. The first-order valence-electron chi connectivity index (χ1n) is 12.6. The number of carbonyl (C=O) groups is 2. The molecule has 1 unspecified atom stereocenters. The zero-order valence-electron chi connectivity index (χ0n) is 21.7. The average Bonchev–Trinajstić information content (AvgIpc) is 3.36. The molecular formula is C30H36N2O3S. The first-order valence-corrected chi connectivity index (χ1v) is 13.5. The van der Waals surface area contributed by atoms with Crippen LogP contribution in [0, 0.1) is 0 Å². The van der Waals surface area contributed by atoms with Gasteiger partial charge in [0.05, 0.1) is 6.04 Å². The van der Waals surface area contributed by atoms with Gasteiger partial charge in [0.15, 0.2) is 0 Å². The third-order valence-electron chi connectivity index (χ3n) is 6.79. The molecule has 190 valence electrons. The Hall–Kier alpha value is -2.96. The summed E-state index contributed by atoms with van der Waals surface area (Å²) >= 11 is 1.75. The summed E-state index contributed by atoms with van der Waals surface area (Å²) in [6.45, 7) is 8.15. The highest BCUT2D eigenvalue weighted by Gasteiger charge is 2.34. The number of ether oxygens (including phenoxy) is 1. The average molecular weight is 505 g/mol. The molecule has 1 aromatic heterocycles. The second-order valence-corrected chi connectivity index (χ2v) is 11.4. The van der Waals surface area contributed by atoms with Gasteiger partial charge in [-0.1, -0.05) is 63.2 Å². The number of thiophene rings is 1. The van der Waals surface area contributed by atoms with Crippen LogP contribution >= 0.6 is 11.3 Å². The zero-order chi connectivity index (χ0) is 25.7. The standard InChI is InChI=1S/C30H36N2O3S/c1-30(2,3)24-13-11-23(12-14-24)29(34)31(17-8-19-35-4)21-27(33)32-18-15-26-25(16-20-36-26)28(32)22-9-6-5-7-10-22/h5-7,9-14,16,20,28H,8,15,17-19,21H2,1-4H3. The molecule has 2 heterocycles. The molecule has 4 rings (SSSR count). The van der Waals surface area contributed by atoms with E-state index >= 15 is 0 Å². The van der Waals surface area contributed by atoms with Gasteiger partial charge in [-0.25, -0.2) is 0 Å². The van der Waals surface area contributed by atoms with E-state index < -0.39 is 0 Å². The Morgan fingerprint density at radius 2 is 1.78 bits per heavy atom. The van der Waals surface area contributed by atoms with E-state index in [1.165, 1.54) is 16.0 Å². The summed E-state index contributed by atoms with van der Waals surface area (Å²) in [5.74, 6) is -0.151. The van der Waals surface area contributed by atoms with E-state index in [9.17, 15) is 9.59 Å². The highest BCUT2D eigenvalue weighted by atomic mass is 32.1. The van der Waals surface area contributed by atoms with Gasteiger partial charge in [-0.3, -0.25) is 9.59 Å². The first kappa shape index (κ1) is 26.1. The van der Waals surface area contributed by atoms with Crippen LogP contribution in [-0.4, -0.2) is 55.0 Å². The van der Waals surface area contributed by atoms with E-state index in [2.05, 4.69) is 44.4 Å². The lowest BCUT2D eigenvalue weighted by Gasteiger charge is -2.37. The topological polar surface area (TPSA) is 49.9 Å². The van der Waals surface area contributed by atoms with Gasteiger partial charge in [-0.05, 0) is 58.5 Å². The Bertz CT molecular complexity index is 1160. The number of nitrogens with zero attached hydrogens (tertiary/aromatic N) is 2. The van der Waals surface area contributed by atoms with E-state index in [0.717, 1.165) is 12.0 Å². The van der Waals surface area contributed by atoms with Crippen molar-refractivity contribution in [2.45, 2.75) is 45.1 Å². The van der Waals surface area contributed by atoms with E-state index in [1.54, 1.807) is 23.3 Å². The van der Waals surface area contributed by atoms with Crippen LogP contribution in [0.15, 0.2) is 66.0 Å². The molecule has 0 N–H and O–H groups in total. The van der Waals surface area contributed by atoms with E-state index in [4.69, 9.17) is 4.74 Å². The SMILES string of the molecule is COCCCN(CC(=O)N1CCc2sccc2C1c1ccccc1)C(=O)c1ccc(C(C)(C)C)cc1. The fourth-order valence-corrected chi connectivity index (χ4v) is 5.69. The number of rotatable bonds is 8. The lowest BCUT2D eigenvalue weighted by molar-refractivity contribution is -0.134. The fraction of sp³-hybridized carbons (Fsp3) is 0.400. The smallest absolute Gasteiger partial charge is 0.254 e. The zero-order valence-corrected chi connectivity index (χ0v) is 22.5. The van der Waals surface area contributed by atoms with Crippen molar-refractivity contribution in [3.8, 4) is 0 Å². The van der Waals surface area contributed by atoms with Crippen molar-refractivity contribution < 1.29 is 14.3 Å². The lowest BCUT2D eigenvalue weighted by Crippen LogP contribution is -2.47. The molecule has 2 amide bonds. The number of amides is 2. The maximum atomic E-state index is 13.8. The molecule has 0 bridgehead atoms. The van der Waals surface area contributed by atoms with Crippen LogP contribution in [0.25, 0.3) is 0 Å². The van der Waals surface area contributed by atoms with Gasteiger partial charge in [0.25, 0.3) is 5.91 Å². The molecule has 6 heteroatoms. The second-order valence-electron chi connectivity index (χ2n) is 10.3. The summed E-state index contributed by atoms with van der Waals surface area (Å²) in [4.78, 5) is 32.3. The molecule has 0 radical (unpaired) electrons. The highest BCUT2D eigenvalue weighted by Crippen LogP contribution is 2.37. The Morgan fingerprint density at radius 3 is 2.44 bits per heavy atom. The van der Waals surface area contributed by atoms with Crippen LogP contribution < -0.4 is 0 Å². The van der Waals surface area contributed by atoms with Crippen LogP contribution in [0.1, 0.15) is 65.2 Å². The van der Waals surface area contributed by atoms with Gasteiger partial charge in [0.2, 0.25) is 5.91 Å². The fourth-order valence-electron chi connectivity index (χ4n) is 4.78. The van der Waals surface area contributed by atoms with E-state index in [1.807, 2.05) is 47.4 Å². The molecule has 5 nitrogen and oxygen atoms in total. The van der Waals surface area contributed by atoms with Gasteiger partial charge < -0.3 is 14.5 Å². The summed E-state index contributed by atoms with van der Waals surface area (Å²) in [6, 6.07) is 20.0. The molecule has 0 aliphatic carbocycles. The van der Waals surface area contributed by atoms with Gasteiger partial charge in [0, 0.05) is 37.2 Å². The maximum Gasteiger partial charge on any atom is 0.254 e. The van der Waals surface area contributed by atoms with Gasteiger partial charge >= 0.3 is 0 Å². The first-order chi connectivity index (χ1) is 17.3. The summed E-state index contributed by atoms with van der Waals surface area (Å²) in [7, 11) is 1.65. The number of hydrogen-bond donors (Lipinski definition) is 0. The van der Waals surface area contributed by atoms with Crippen molar-refractivity contribution in [1.29, 1.82) is 0 Å². The van der Waals surface area contributed by atoms with Crippen molar-refractivity contribution in [3.63, 3.8) is 0 Å². The molecule has 0 saturated carbocycles. The molecular weight excluding hydrogens is 468 g/mol. The van der Waals surface area contributed by atoms with Crippen molar-refractivity contribution in [3.05, 3.63) is 93.2 Å². The van der Waals surface area contributed by atoms with E-state index in [-0.39, 0.29) is 29.8 Å². The van der Waals surface area contributed by atoms with Crippen LogP contribution in [0.4, 0.5) is 0 Å². The third-order valence-corrected chi connectivity index (χ3v) is 7.79. The van der Waals surface area contributed by atoms with Gasteiger partial charge in [0.1, 0.15) is 6.54 Å². The molecule has 0 spiro atoms. The minimum Gasteiger partial charge on any atom is -0.385 e. The number of methoxy groups -OCH3 is 1. The molecule has 1 aliphatic heterocycles. The number of fused-ring (bicyclic) bond motifs is 1. The van der Waals surface area contributed by atoms with Gasteiger partial charge in [-0.2, -0.15) is 0 Å². The summed E-state index contributed by atoms with van der Waals surface area (Å²) < 4.78 is 5.23. The van der Waals surface area contributed by atoms with Crippen molar-refractivity contribution >= 4 is 23.2 Å². The highest BCUT2D eigenvalue weighted by molar-refractivity contribution is 7.10. The van der Waals surface area contributed by atoms with E-state index in [0.29, 0.717) is 31.7 Å². The summed E-state index contributed by atoms with van der Waals surface area (Å²) in [5.41, 5.74) is 4.08. The molecule has 1 atom stereocenters. The quantitative estimate of drug-likeness (QED) is 0.370. The van der Waals surface area contributed by atoms with Crippen molar-refractivity contribution in [1.82, 2.24) is 9.80 Å². The van der Waals surface area contributed by atoms with Crippen LogP contribution in [0.2, 0.25) is 0 Å². The van der Waals surface area contributed by atoms with Crippen molar-refractivity contribution in [2.24, 2.45) is 0 Å². The van der Waals surface area contributed by atoms with Crippen LogP contribution in [0.3, 0.4) is 0 Å². The number of carbonyl (C=O) groups excluding carboxylic acids is 2. The number of benzene rings is 2. The molecule has 0 saturated heterocycles.